The molecule has 2 aromatic rings. The highest BCUT2D eigenvalue weighted by Gasteiger charge is 2.09. The fraction of sp³-hybridized carbons (Fsp3) is 0.421. The third-order valence-electron chi connectivity index (χ3n) is 3.85. The van der Waals surface area contributed by atoms with Gasteiger partial charge < -0.3 is 20.1 Å². The molecule has 1 aromatic heterocycles. The molecule has 0 saturated carbocycles. The number of guanidine groups is 1. The molecule has 0 aliphatic carbocycles. The van der Waals surface area contributed by atoms with Crippen molar-refractivity contribution >= 4 is 41.3 Å². The first kappa shape index (κ1) is 22.6. The van der Waals surface area contributed by atoms with Gasteiger partial charge in [-0.1, -0.05) is 13.0 Å². The first-order chi connectivity index (χ1) is 12.1. The first-order valence-corrected chi connectivity index (χ1v) is 9.34. The van der Waals surface area contributed by atoms with Gasteiger partial charge in [0, 0.05) is 19.7 Å². The largest absolute Gasteiger partial charge is 0.497 e. The van der Waals surface area contributed by atoms with Crippen LogP contribution in [-0.4, -0.2) is 39.3 Å². The highest BCUT2D eigenvalue weighted by atomic mass is 127. The van der Waals surface area contributed by atoms with E-state index >= 15 is 0 Å². The molecule has 0 aliphatic heterocycles. The third-order valence-corrected chi connectivity index (χ3v) is 4.55. The van der Waals surface area contributed by atoms with E-state index in [4.69, 9.17) is 9.47 Å². The quantitative estimate of drug-likeness (QED) is 0.333. The Labute approximate surface area is 177 Å². The van der Waals surface area contributed by atoms with Crippen LogP contribution >= 0.6 is 35.3 Å². The molecular weight excluding hydrogens is 461 g/mol. The average Bonchev–Trinajstić information content (AvgIpc) is 3.16. The molecule has 0 fully saturated rings. The number of nitrogens with one attached hydrogen (secondary N) is 2. The summed E-state index contributed by atoms with van der Waals surface area (Å²) in [6, 6.07) is 9.79. The number of ether oxygens (including phenoxy) is 2. The SMILES string of the molecule is CN=C(NCC(C)Oc1cccc(OC)c1)NCC(C)c1ccsc1.I. The van der Waals surface area contributed by atoms with E-state index in [-0.39, 0.29) is 30.1 Å². The first-order valence-electron chi connectivity index (χ1n) is 8.39. The Morgan fingerprint density at radius 1 is 1.15 bits per heavy atom. The zero-order valence-corrected chi connectivity index (χ0v) is 18.8. The zero-order chi connectivity index (χ0) is 18.1. The molecule has 7 heteroatoms. The number of aliphatic imine (C=N–C) groups is 1. The summed E-state index contributed by atoms with van der Waals surface area (Å²) in [5.74, 6) is 2.80. The van der Waals surface area contributed by atoms with Gasteiger partial charge in [-0.05, 0) is 47.4 Å². The second kappa shape index (κ2) is 12.0. The minimum atomic E-state index is -0.0000432. The van der Waals surface area contributed by atoms with Gasteiger partial charge >= 0.3 is 0 Å². The van der Waals surface area contributed by atoms with Gasteiger partial charge in [-0.25, -0.2) is 0 Å². The summed E-state index contributed by atoms with van der Waals surface area (Å²) in [6.45, 7) is 5.72. The monoisotopic (exact) mass is 489 g/mol. The number of benzene rings is 1. The van der Waals surface area contributed by atoms with Crippen LogP contribution in [0.3, 0.4) is 0 Å². The molecule has 2 N–H and O–H groups in total. The van der Waals surface area contributed by atoms with Crippen LogP contribution < -0.4 is 20.1 Å². The second-order valence-electron chi connectivity index (χ2n) is 5.90. The fourth-order valence-corrected chi connectivity index (χ4v) is 3.11. The van der Waals surface area contributed by atoms with Gasteiger partial charge in [0.15, 0.2) is 5.96 Å². The lowest BCUT2D eigenvalue weighted by Crippen LogP contribution is -2.42. The molecule has 2 rings (SSSR count). The topological polar surface area (TPSA) is 54.9 Å². The highest BCUT2D eigenvalue weighted by molar-refractivity contribution is 14.0. The zero-order valence-electron chi connectivity index (χ0n) is 15.7. The van der Waals surface area contributed by atoms with Crippen molar-refractivity contribution in [2.75, 3.05) is 27.2 Å². The van der Waals surface area contributed by atoms with Crippen molar-refractivity contribution in [3.8, 4) is 11.5 Å². The maximum Gasteiger partial charge on any atom is 0.191 e. The lowest BCUT2D eigenvalue weighted by Gasteiger charge is -2.19. The van der Waals surface area contributed by atoms with Crippen LogP contribution in [0.2, 0.25) is 0 Å². The number of thiophene rings is 1. The summed E-state index contributed by atoms with van der Waals surface area (Å²) in [6.07, 6.45) is -0.0000432. The van der Waals surface area contributed by atoms with Gasteiger partial charge in [-0.2, -0.15) is 11.3 Å². The second-order valence-corrected chi connectivity index (χ2v) is 6.68. The Morgan fingerprint density at radius 3 is 2.54 bits per heavy atom. The highest BCUT2D eigenvalue weighted by Crippen LogP contribution is 2.20. The van der Waals surface area contributed by atoms with Crippen LogP contribution in [0.25, 0.3) is 0 Å². The van der Waals surface area contributed by atoms with E-state index in [0.717, 1.165) is 24.0 Å². The van der Waals surface area contributed by atoms with E-state index in [2.05, 4.69) is 39.4 Å². The minimum Gasteiger partial charge on any atom is -0.497 e. The summed E-state index contributed by atoms with van der Waals surface area (Å²) in [7, 11) is 3.43. The molecule has 2 unspecified atom stereocenters. The number of methoxy groups -OCH3 is 1. The van der Waals surface area contributed by atoms with Crippen molar-refractivity contribution in [1.82, 2.24) is 10.6 Å². The molecule has 0 bridgehead atoms. The molecule has 2 atom stereocenters. The van der Waals surface area contributed by atoms with Gasteiger partial charge in [0.2, 0.25) is 0 Å². The summed E-state index contributed by atoms with van der Waals surface area (Å²) in [5.41, 5.74) is 1.35. The smallest absolute Gasteiger partial charge is 0.191 e. The molecule has 0 amide bonds. The van der Waals surface area contributed by atoms with E-state index < -0.39 is 0 Å². The molecule has 1 aromatic carbocycles. The molecule has 0 spiro atoms. The fourth-order valence-electron chi connectivity index (χ4n) is 2.33. The molecule has 0 radical (unpaired) electrons. The lowest BCUT2D eigenvalue weighted by molar-refractivity contribution is 0.223. The van der Waals surface area contributed by atoms with Crippen LogP contribution in [0.4, 0.5) is 0 Å². The van der Waals surface area contributed by atoms with E-state index in [0.29, 0.717) is 12.5 Å². The van der Waals surface area contributed by atoms with Crippen LogP contribution in [-0.2, 0) is 0 Å². The summed E-state index contributed by atoms with van der Waals surface area (Å²) >= 11 is 1.73. The van der Waals surface area contributed by atoms with Crippen LogP contribution in [0.15, 0.2) is 46.1 Å². The molecule has 144 valence electrons. The normalized spacial score (nSPS) is 13.3. The maximum atomic E-state index is 5.91. The van der Waals surface area contributed by atoms with Gasteiger partial charge in [-0.3, -0.25) is 4.99 Å². The Kier molecular flexibility index (Phi) is 10.4. The van der Waals surface area contributed by atoms with E-state index in [9.17, 15) is 0 Å². The van der Waals surface area contributed by atoms with Gasteiger partial charge in [0.1, 0.15) is 17.6 Å². The molecule has 0 aliphatic rings. The Bertz CT molecular complexity index is 665. The molecular formula is C19H28IN3O2S. The summed E-state index contributed by atoms with van der Waals surface area (Å²) in [5, 5.41) is 11.0. The minimum absolute atomic E-state index is 0. The van der Waals surface area contributed by atoms with Crippen molar-refractivity contribution in [2.24, 2.45) is 4.99 Å². The van der Waals surface area contributed by atoms with Crippen LogP contribution in [0.1, 0.15) is 25.3 Å². The number of hydrogen-bond acceptors (Lipinski definition) is 4. The van der Waals surface area contributed by atoms with Crippen molar-refractivity contribution in [3.63, 3.8) is 0 Å². The third kappa shape index (κ3) is 7.41. The Morgan fingerprint density at radius 2 is 1.88 bits per heavy atom. The standard InChI is InChI=1S/C19H27N3O2S.HI/c1-14(16-8-9-25-13-16)11-21-19(20-3)22-12-15(2)24-18-7-5-6-17(10-18)23-4;/h5-10,13-15H,11-12H2,1-4H3,(H2,20,21,22);1H. The van der Waals surface area contributed by atoms with Crippen molar-refractivity contribution < 1.29 is 9.47 Å². The van der Waals surface area contributed by atoms with Gasteiger partial charge in [0.25, 0.3) is 0 Å². The molecule has 0 saturated heterocycles. The average molecular weight is 489 g/mol. The summed E-state index contributed by atoms with van der Waals surface area (Å²) < 4.78 is 11.1. The van der Waals surface area contributed by atoms with Crippen molar-refractivity contribution in [1.29, 1.82) is 0 Å². The molecule has 5 nitrogen and oxygen atoms in total. The van der Waals surface area contributed by atoms with Crippen LogP contribution in [0.5, 0.6) is 11.5 Å². The van der Waals surface area contributed by atoms with Crippen molar-refractivity contribution in [3.05, 3.63) is 46.7 Å². The van der Waals surface area contributed by atoms with Gasteiger partial charge in [-0.15, -0.1) is 24.0 Å². The predicted molar refractivity (Wildman–Crippen MR) is 121 cm³/mol. The van der Waals surface area contributed by atoms with E-state index in [1.54, 1.807) is 25.5 Å². The Balaban J connectivity index is 0.00000338. The summed E-state index contributed by atoms with van der Waals surface area (Å²) in [4.78, 5) is 4.27. The molecule has 1 heterocycles. The number of hydrogen-bond donors (Lipinski definition) is 2. The predicted octanol–water partition coefficient (Wildman–Crippen LogP) is 4.11. The van der Waals surface area contributed by atoms with Crippen molar-refractivity contribution in [2.45, 2.75) is 25.9 Å². The van der Waals surface area contributed by atoms with Crippen LogP contribution in [0, 0.1) is 0 Å². The number of rotatable bonds is 8. The van der Waals surface area contributed by atoms with E-state index in [1.165, 1.54) is 5.56 Å². The number of nitrogens with zero attached hydrogens (tertiary/aromatic N) is 1. The Hall–Kier alpha value is -1.48. The number of halogens is 1. The lowest BCUT2D eigenvalue weighted by atomic mass is 10.1. The maximum absolute atomic E-state index is 5.91. The van der Waals surface area contributed by atoms with Gasteiger partial charge in [0.05, 0.1) is 13.7 Å². The molecule has 26 heavy (non-hydrogen) atoms. The van der Waals surface area contributed by atoms with E-state index in [1.807, 2.05) is 31.2 Å².